The van der Waals surface area contributed by atoms with Crippen molar-refractivity contribution in [1.29, 1.82) is 0 Å². The molecule has 2 rings (SSSR count). The van der Waals surface area contributed by atoms with E-state index in [4.69, 9.17) is 5.11 Å². The van der Waals surface area contributed by atoms with Gasteiger partial charge in [-0.15, -0.1) is 0 Å². The molecule has 0 heterocycles. The van der Waals surface area contributed by atoms with Gasteiger partial charge < -0.3 is 10.4 Å². The largest absolute Gasteiger partial charge is 0.478 e. The fourth-order valence-electron chi connectivity index (χ4n) is 3.14. The van der Waals surface area contributed by atoms with Crippen molar-refractivity contribution in [3.05, 3.63) is 12.2 Å². The van der Waals surface area contributed by atoms with Crippen molar-refractivity contribution in [3.63, 3.8) is 0 Å². The molecule has 0 aromatic carbocycles. The Labute approximate surface area is 90.6 Å². The van der Waals surface area contributed by atoms with E-state index in [2.05, 4.69) is 5.32 Å². The Balaban J connectivity index is 1.61. The highest BCUT2D eigenvalue weighted by molar-refractivity contribution is 5.79. The zero-order valence-corrected chi connectivity index (χ0v) is 8.98. The van der Waals surface area contributed by atoms with Gasteiger partial charge in [-0.05, 0) is 43.6 Å². The van der Waals surface area contributed by atoms with Crippen molar-refractivity contribution >= 4 is 5.97 Å². The molecule has 3 unspecified atom stereocenters. The van der Waals surface area contributed by atoms with Gasteiger partial charge in [0.2, 0.25) is 0 Å². The quantitative estimate of drug-likeness (QED) is 0.534. The third kappa shape index (κ3) is 2.81. The molecule has 2 fully saturated rings. The second-order valence-corrected chi connectivity index (χ2v) is 4.83. The van der Waals surface area contributed by atoms with Crippen LogP contribution in [0.15, 0.2) is 12.2 Å². The van der Waals surface area contributed by atoms with Gasteiger partial charge in [0.1, 0.15) is 0 Å². The average molecular weight is 209 g/mol. The Hall–Kier alpha value is -0.830. The van der Waals surface area contributed by atoms with Crippen LogP contribution in [0.4, 0.5) is 0 Å². The minimum Gasteiger partial charge on any atom is -0.478 e. The summed E-state index contributed by atoms with van der Waals surface area (Å²) in [4.78, 5) is 10.2. The van der Waals surface area contributed by atoms with Crippen LogP contribution in [0.3, 0.4) is 0 Å². The van der Waals surface area contributed by atoms with E-state index in [0.717, 1.165) is 24.3 Å². The highest BCUT2D eigenvalue weighted by Crippen LogP contribution is 2.47. The van der Waals surface area contributed by atoms with Gasteiger partial charge in [-0.25, -0.2) is 4.79 Å². The Morgan fingerprint density at radius 1 is 1.40 bits per heavy atom. The monoisotopic (exact) mass is 209 g/mol. The number of hydrogen-bond donors (Lipinski definition) is 2. The van der Waals surface area contributed by atoms with Crippen LogP contribution in [0.5, 0.6) is 0 Å². The van der Waals surface area contributed by atoms with Gasteiger partial charge in [0, 0.05) is 12.6 Å². The highest BCUT2D eigenvalue weighted by atomic mass is 16.4. The first-order valence-electron chi connectivity index (χ1n) is 5.86. The molecule has 2 N–H and O–H groups in total. The summed E-state index contributed by atoms with van der Waals surface area (Å²) < 4.78 is 0. The van der Waals surface area contributed by atoms with Crippen LogP contribution in [-0.4, -0.2) is 24.2 Å². The van der Waals surface area contributed by atoms with Crippen molar-refractivity contribution in [2.24, 2.45) is 17.8 Å². The van der Waals surface area contributed by atoms with E-state index >= 15 is 0 Å². The molecule has 2 bridgehead atoms. The molecular weight excluding hydrogens is 190 g/mol. The van der Waals surface area contributed by atoms with Crippen LogP contribution in [0.25, 0.3) is 0 Å². The van der Waals surface area contributed by atoms with E-state index in [1.165, 1.54) is 31.8 Å². The van der Waals surface area contributed by atoms with Crippen molar-refractivity contribution in [2.75, 3.05) is 13.1 Å². The fraction of sp³-hybridized carbons (Fsp3) is 0.750. The molecule has 0 spiro atoms. The molecule has 0 radical (unpaired) electrons. The molecule has 0 saturated heterocycles. The molecule has 3 nitrogen and oxygen atoms in total. The number of carboxylic acids is 1. The van der Waals surface area contributed by atoms with Crippen LogP contribution >= 0.6 is 0 Å². The molecule has 15 heavy (non-hydrogen) atoms. The number of rotatable bonds is 5. The van der Waals surface area contributed by atoms with Crippen molar-refractivity contribution in [3.8, 4) is 0 Å². The lowest BCUT2D eigenvalue weighted by atomic mass is 9.89. The number of carbonyl (C=O) groups is 1. The van der Waals surface area contributed by atoms with Crippen LogP contribution in [-0.2, 0) is 4.79 Å². The van der Waals surface area contributed by atoms with E-state index < -0.39 is 5.97 Å². The molecule has 0 aromatic heterocycles. The van der Waals surface area contributed by atoms with Gasteiger partial charge in [-0.1, -0.05) is 12.5 Å². The third-order valence-corrected chi connectivity index (χ3v) is 3.81. The second kappa shape index (κ2) is 4.79. The zero-order chi connectivity index (χ0) is 10.7. The van der Waals surface area contributed by atoms with Gasteiger partial charge in [0.15, 0.2) is 0 Å². The molecule has 0 aliphatic heterocycles. The van der Waals surface area contributed by atoms with Gasteiger partial charge >= 0.3 is 5.97 Å². The average Bonchev–Trinajstić information content (AvgIpc) is 2.78. The molecule has 0 amide bonds. The van der Waals surface area contributed by atoms with Crippen LogP contribution in [0.2, 0.25) is 0 Å². The van der Waals surface area contributed by atoms with E-state index in [1.807, 2.05) is 0 Å². The summed E-state index contributed by atoms with van der Waals surface area (Å²) >= 11 is 0. The van der Waals surface area contributed by atoms with E-state index in [0.29, 0.717) is 6.54 Å². The standard InChI is InChI=1S/C12H19NO2/c14-12(15)2-1-5-13-8-11-7-9-3-4-10(11)6-9/h1-2,9-11,13H,3-8H2,(H,14,15)/b2-1+. The lowest BCUT2D eigenvalue weighted by molar-refractivity contribution is -0.131. The van der Waals surface area contributed by atoms with Crippen molar-refractivity contribution in [2.45, 2.75) is 25.7 Å². The number of carboxylic acid groups (broad SMARTS) is 1. The molecule has 2 aliphatic carbocycles. The Kier molecular flexibility index (Phi) is 3.41. The Bertz CT molecular complexity index is 262. The minimum absolute atomic E-state index is 0.681. The van der Waals surface area contributed by atoms with Crippen LogP contribution in [0, 0.1) is 17.8 Å². The molecule has 3 atom stereocenters. The number of aliphatic carboxylic acids is 1. The van der Waals surface area contributed by atoms with Crippen LogP contribution < -0.4 is 5.32 Å². The van der Waals surface area contributed by atoms with Gasteiger partial charge in [0.25, 0.3) is 0 Å². The van der Waals surface area contributed by atoms with Crippen molar-refractivity contribution in [1.82, 2.24) is 5.32 Å². The number of hydrogen-bond acceptors (Lipinski definition) is 2. The summed E-state index contributed by atoms with van der Waals surface area (Å²) in [6, 6.07) is 0. The van der Waals surface area contributed by atoms with Gasteiger partial charge in [-0.3, -0.25) is 0 Å². The second-order valence-electron chi connectivity index (χ2n) is 4.83. The Morgan fingerprint density at radius 3 is 2.87 bits per heavy atom. The minimum atomic E-state index is -0.864. The molecule has 84 valence electrons. The first kappa shape index (κ1) is 10.7. The molecular formula is C12H19NO2. The molecule has 2 aliphatic rings. The summed E-state index contributed by atoms with van der Waals surface area (Å²) in [6.45, 7) is 1.74. The van der Waals surface area contributed by atoms with E-state index in [1.54, 1.807) is 6.08 Å². The summed E-state index contributed by atoms with van der Waals surface area (Å²) in [5.74, 6) is 1.93. The predicted octanol–water partition coefficient (Wildman–Crippen LogP) is 1.65. The normalized spacial score (nSPS) is 34.0. The van der Waals surface area contributed by atoms with Crippen molar-refractivity contribution < 1.29 is 9.90 Å². The lowest BCUT2D eigenvalue weighted by Crippen LogP contribution is -2.26. The maximum absolute atomic E-state index is 10.2. The maximum atomic E-state index is 10.2. The lowest BCUT2D eigenvalue weighted by Gasteiger charge is -2.21. The van der Waals surface area contributed by atoms with E-state index in [-0.39, 0.29) is 0 Å². The first-order valence-corrected chi connectivity index (χ1v) is 5.86. The maximum Gasteiger partial charge on any atom is 0.328 e. The molecule has 3 heteroatoms. The third-order valence-electron chi connectivity index (χ3n) is 3.81. The summed E-state index contributed by atoms with van der Waals surface area (Å²) in [6.07, 6.45) is 8.57. The predicted molar refractivity (Wildman–Crippen MR) is 58.6 cm³/mol. The zero-order valence-electron chi connectivity index (χ0n) is 8.98. The van der Waals surface area contributed by atoms with Gasteiger partial charge in [-0.2, -0.15) is 0 Å². The summed E-state index contributed by atoms with van der Waals surface area (Å²) in [5, 5.41) is 11.7. The number of fused-ring (bicyclic) bond motifs is 2. The summed E-state index contributed by atoms with van der Waals surface area (Å²) in [7, 11) is 0. The fourth-order valence-corrected chi connectivity index (χ4v) is 3.14. The molecule has 2 saturated carbocycles. The molecule has 0 aromatic rings. The Morgan fingerprint density at radius 2 is 2.27 bits per heavy atom. The van der Waals surface area contributed by atoms with Gasteiger partial charge in [0.05, 0.1) is 0 Å². The van der Waals surface area contributed by atoms with Crippen LogP contribution in [0.1, 0.15) is 25.7 Å². The summed E-state index contributed by atoms with van der Waals surface area (Å²) in [5.41, 5.74) is 0. The van der Waals surface area contributed by atoms with E-state index in [9.17, 15) is 4.79 Å². The topological polar surface area (TPSA) is 49.3 Å². The highest BCUT2D eigenvalue weighted by Gasteiger charge is 2.38. The SMILES string of the molecule is O=C(O)/C=C/CNCC1CC2CCC1C2. The first-order chi connectivity index (χ1) is 7.25. The smallest absolute Gasteiger partial charge is 0.328 e. The number of nitrogens with one attached hydrogen (secondary N) is 1.